The maximum atomic E-state index is 13.6. The number of rotatable bonds is 4. The third-order valence-electron chi connectivity index (χ3n) is 3.52. The smallest absolute Gasteiger partial charge is 0.143 e. The summed E-state index contributed by atoms with van der Waals surface area (Å²) in [6.07, 6.45) is 4.40. The minimum atomic E-state index is -0.490. The molecular weight excluding hydrogens is 231 g/mol. The molecule has 18 heavy (non-hydrogen) atoms. The number of benzene rings is 1. The molecule has 1 aromatic carbocycles. The molecule has 0 unspecified atom stereocenters. The summed E-state index contributed by atoms with van der Waals surface area (Å²) in [4.78, 5) is 1.98. The van der Waals surface area contributed by atoms with Crippen LogP contribution in [0.5, 0.6) is 0 Å². The molecule has 0 aromatic heterocycles. The zero-order valence-electron chi connectivity index (χ0n) is 10.3. The van der Waals surface area contributed by atoms with E-state index in [0.717, 1.165) is 25.7 Å². The molecule has 4 heteroatoms. The predicted octanol–water partition coefficient (Wildman–Crippen LogP) is 2.44. The van der Waals surface area contributed by atoms with E-state index >= 15 is 0 Å². The van der Waals surface area contributed by atoms with Crippen molar-refractivity contribution in [1.29, 1.82) is 5.26 Å². The van der Waals surface area contributed by atoms with Crippen LogP contribution in [-0.2, 0) is 0 Å². The number of anilines is 1. The van der Waals surface area contributed by atoms with Crippen LogP contribution in [0.15, 0.2) is 18.2 Å². The molecule has 0 heterocycles. The van der Waals surface area contributed by atoms with Gasteiger partial charge in [0.25, 0.3) is 0 Å². The van der Waals surface area contributed by atoms with Gasteiger partial charge in [-0.15, -0.1) is 0 Å². The molecule has 0 atom stereocenters. The normalized spacial score (nSPS) is 15.6. The zero-order chi connectivity index (χ0) is 13.0. The summed E-state index contributed by atoms with van der Waals surface area (Å²) in [7, 11) is 0. The van der Waals surface area contributed by atoms with Gasteiger partial charge in [-0.25, -0.2) is 4.39 Å². The lowest BCUT2D eigenvalue weighted by Gasteiger charge is -2.31. The summed E-state index contributed by atoms with van der Waals surface area (Å²) in [5.41, 5.74) is 0.691. The molecule has 0 aliphatic heterocycles. The van der Waals surface area contributed by atoms with Crippen LogP contribution in [0.4, 0.5) is 10.1 Å². The molecule has 1 N–H and O–H groups in total. The SMILES string of the molecule is N#Cc1c(F)cccc1N(CCO)C1CCCC1. The van der Waals surface area contributed by atoms with Crippen molar-refractivity contribution in [3.63, 3.8) is 0 Å². The van der Waals surface area contributed by atoms with Crippen molar-refractivity contribution < 1.29 is 9.50 Å². The van der Waals surface area contributed by atoms with E-state index in [1.54, 1.807) is 12.1 Å². The van der Waals surface area contributed by atoms with Crippen molar-refractivity contribution in [2.75, 3.05) is 18.1 Å². The number of aliphatic hydroxyl groups is 1. The van der Waals surface area contributed by atoms with Gasteiger partial charge in [0.1, 0.15) is 17.4 Å². The topological polar surface area (TPSA) is 47.3 Å². The number of halogens is 1. The van der Waals surface area contributed by atoms with Crippen molar-refractivity contribution >= 4 is 5.69 Å². The molecule has 0 amide bonds. The van der Waals surface area contributed by atoms with Crippen LogP contribution in [0.3, 0.4) is 0 Å². The summed E-state index contributed by atoms with van der Waals surface area (Å²) in [6, 6.07) is 6.91. The van der Waals surface area contributed by atoms with Crippen molar-refractivity contribution in [3.8, 4) is 6.07 Å². The molecule has 1 aliphatic rings. The van der Waals surface area contributed by atoms with E-state index in [2.05, 4.69) is 0 Å². The van der Waals surface area contributed by atoms with Crippen LogP contribution in [0.2, 0.25) is 0 Å². The lowest BCUT2D eigenvalue weighted by atomic mass is 10.1. The lowest BCUT2D eigenvalue weighted by molar-refractivity contribution is 0.297. The van der Waals surface area contributed by atoms with Gasteiger partial charge in [-0.3, -0.25) is 0 Å². The van der Waals surface area contributed by atoms with Crippen molar-refractivity contribution in [3.05, 3.63) is 29.6 Å². The Balaban J connectivity index is 2.36. The molecule has 0 spiro atoms. The summed E-state index contributed by atoms with van der Waals surface area (Å²) >= 11 is 0. The Morgan fingerprint density at radius 2 is 2.11 bits per heavy atom. The Morgan fingerprint density at radius 1 is 1.39 bits per heavy atom. The first-order chi connectivity index (χ1) is 8.77. The van der Waals surface area contributed by atoms with E-state index in [-0.39, 0.29) is 12.2 Å². The fraction of sp³-hybridized carbons (Fsp3) is 0.500. The van der Waals surface area contributed by atoms with Gasteiger partial charge in [-0.2, -0.15) is 5.26 Å². The second kappa shape index (κ2) is 5.83. The number of nitrogens with zero attached hydrogens (tertiary/aromatic N) is 2. The highest BCUT2D eigenvalue weighted by Crippen LogP contribution is 2.30. The summed E-state index contributed by atoms with van der Waals surface area (Å²) < 4.78 is 13.6. The first kappa shape index (κ1) is 12.8. The van der Waals surface area contributed by atoms with E-state index < -0.39 is 5.82 Å². The standard InChI is InChI=1S/C14H17FN2O/c15-13-6-3-7-14(12(13)10-16)17(8-9-18)11-4-1-2-5-11/h3,6-7,11,18H,1-2,4-5,8-9H2. The highest BCUT2D eigenvalue weighted by Gasteiger charge is 2.25. The zero-order valence-corrected chi connectivity index (χ0v) is 10.3. The second-order valence-corrected chi connectivity index (χ2v) is 4.60. The largest absolute Gasteiger partial charge is 0.395 e. The minimum Gasteiger partial charge on any atom is -0.395 e. The Morgan fingerprint density at radius 3 is 2.72 bits per heavy atom. The van der Waals surface area contributed by atoms with Gasteiger partial charge in [0.15, 0.2) is 0 Å². The molecule has 3 nitrogen and oxygen atoms in total. The lowest BCUT2D eigenvalue weighted by Crippen LogP contribution is -2.36. The summed E-state index contributed by atoms with van der Waals surface area (Å²) in [6.45, 7) is 0.459. The van der Waals surface area contributed by atoms with Gasteiger partial charge in [0.2, 0.25) is 0 Å². The first-order valence-electron chi connectivity index (χ1n) is 6.34. The Bertz CT molecular complexity index is 450. The van der Waals surface area contributed by atoms with Gasteiger partial charge in [0, 0.05) is 12.6 Å². The summed E-state index contributed by atoms with van der Waals surface area (Å²) in [5.74, 6) is -0.490. The van der Waals surface area contributed by atoms with Crippen LogP contribution >= 0.6 is 0 Å². The van der Waals surface area contributed by atoms with Gasteiger partial charge in [-0.1, -0.05) is 18.9 Å². The number of hydrogen-bond donors (Lipinski definition) is 1. The Labute approximate surface area is 106 Å². The van der Waals surface area contributed by atoms with E-state index in [1.807, 2.05) is 11.0 Å². The monoisotopic (exact) mass is 248 g/mol. The van der Waals surface area contributed by atoms with Crippen LogP contribution in [-0.4, -0.2) is 24.3 Å². The molecule has 2 rings (SSSR count). The molecule has 0 bridgehead atoms. The first-order valence-corrected chi connectivity index (χ1v) is 6.34. The van der Waals surface area contributed by atoms with Crippen LogP contribution in [0, 0.1) is 17.1 Å². The highest BCUT2D eigenvalue weighted by molar-refractivity contribution is 5.60. The highest BCUT2D eigenvalue weighted by atomic mass is 19.1. The fourth-order valence-electron chi connectivity index (χ4n) is 2.69. The Hall–Kier alpha value is -1.60. The minimum absolute atomic E-state index is 0.0118. The van der Waals surface area contributed by atoms with Gasteiger partial charge in [0.05, 0.1) is 12.3 Å². The number of nitriles is 1. The molecule has 1 aromatic rings. The van der Waals surface area contributed by atoms with Gasteiger partial charge in [-0.05, 0) is 25.0 Å². The molecule has 96 valence electrons. The number of hydrogen-bond acceptors (Lipinski definition) is 3. The van der Waals surface area contributed by atoms with E-state index in [0.29, 0.717) is 18.3 Å². The molecule has 1 aliphatic carbocycles. The van der Waals surface area contributed by atoms with E-state index in [4.69, 9.17) is 5.26 Å². The van der Waals surface area contributed by atoms with Crippen LogP contribution < -0.4 is 4.90 Å². The third kappa shape index (κ3) is 2.46. The maximum absolute atomic E-state index is 13.6. The van der Waals surface area contributed by atoms with Crippen LogP contribution in [0.25, 0.3) is 0 Å². The molecule has 0 radical (unpaired) electrons. The average molecular weight is 248 g/mol. The third-order valence-corrected chi connectivity index (χ3v) is 3.52. The molecule has 1 saturated carbocycles. The summed E-state index contributed by atoms with van der Waals surface area (Å²) in [5, 5.41) is 18.3. The fourth-order valence-corrected chi connectivity index (χ4v) is 2.69. The molecular formula is C14H17FN2O. The molecule has 0 saturated heterocycles. The molecule has 1 fully saturated rings. The maximum Gasteiger partial charge on any atom is 0.143 e. The second-order valence-electron chi connectivity index (χ2n) is 4.60. The average Bonchev–Trinajstić information content (AvgIpc) is 2.89. The van der Waals surface area contributed by atoms with E-state index in [1.165, 1.54) is 6.07 Å². The Kier molecular flexibility index (Phi) is 4.16. The van der Waals surface area contributed by atoms with Crippen molar-refractivity contribution in [2.24, 2.45) is 0 Å². The quantitative estimate of drug-likeness (QED) is 0.890. The van der Waals surface area contributed by atoms with Crippen LogP contribution in [0.1, 0.15) is 31.2 Å². The van der Waals surface area contributed by atoms with Gasteiger partial charge >= 0.3 is 0 Å². The predicted molar refractivity (Wildman–Crippen MR) is 67.8 cm³/mol. The van der Waals surface area contributed by atoms with Crippen molar-refractivity contribution in [1.82, 2.24) is 0 Å². The van der Waals surface area contributed by atoms with Crippen molar-refractivity contribution in [2.45, 2.75) is 31.7 Å². The number of aliphatic hydroxyl groups excluding tert-OH is 1. The van der Waals surface area contributed by atoms with Gasteiger partial charge < -0.3 is 10.0 Å². The van der Waals surface area contributed by atoms with E-state index in [9.17, 15) is 9.50 Å².